The molecule has 4 aromatic rings. The number of rotatable bonds is 4. The van der Waals surface area contributed by atoms with Crippen molar-refractivity contribution in [2.45, 2.75) is 6.92 Å². The van der Waals surface area contributed by atoms with Crippen molar-refractivity contribution < 1.29 is 9.32 Å². The smallest absolute Gasteiger partial charge is 0.277 e. The average molecular weight is 344 g/mol. The van der Waals surface area contributed by atoms with Crippen molar-refractivity contribution in [1.82, 2.24) is 15.6 Å². The lowest BCUT2D eigenvalue weighted by atomic mass is 10.1. The molecule has 0 aliphatic carbocycles. The number of hydrogen-bond donors (Lipinski definition) is 2. The lowest BCUT2D eigenvalue weighted by molar-refractivity contribution is 0.0954. The summed E-state index contributed by atoms with van der Waals surface area (Å²) in [5, 5.41) is 9.13. The number of carbonyl (C=O) groups is 1. The second-order valence-electron chi connectivity index (χ2n) is 5.82. The molecule has 0 fully saturated rings. The lowest BCUT2D eigenvalue weighted by Gasteiger charge is -2.01. The van der Waals surface area contributed by atoms with Gasteiger partial charge in [0.25, 0.3) is 5.91 Å². The van der Waals surface area contributed by atoms with E-state index in [0.717, 1.165) is 22.0 Å². The molecule has 0 saturated heterocycles. The normalized spacial score (nSPS) is 11.3. The first-order chi connectivity index (χ1) is 12.7. The van der Waals surface area contributed by atoms with Crippen molar-refractivity contribution in [2.24, 2.45) is 5.10 Å². The third-order valence-corrected chi connectivity index (χ3v) is 4.13. The van der Waals surface area contributed by atoms with Crippen molar-refractivity contribution in [2.75, 3.05) is 0 Å². The summed E-state index contributed by atoms with van der Waals surface area (Å²) in [6.45, 7) is 1.71. The highest BCUT2D eigenvalue weighted by Crippen LogP contribution is 2.24. The number of aromatic nitrogens is 2. The largest absolute Gasteiger partial charge is 0.361 e. The van der Waals surface area contributed by atoms with Crippen LogP contribution in [0.5, 0.6) is 0 Å². The monoisotopic (exact) mass is 344 g/mol. The maximum atomic E-state index is 12.6. The van der Waals surface area contributed by atoms with Gasteiger partial charge in [0.15, 0.2) is 0 Å². The van der Waals surface area contributed by atoms with Crippen LogP contribution in [0.1, 0.15) is 21.7 Å². The van der Waals surface area contributed by atoms with Crippen molar-refractivity contribution in [3.63, 3.8) is 0 Å². The van der Waals surface area contributed by atoms with E-state index in [-0.39, 0.29) is 5.91 Å². The first-order valence-electron chi connectivity index (χ1n) is 8.15. The van der Waals surface area contributed by atoms with Crippen LogP contribution in [0.4, 0.5) is 0 Å². The molecule has 6 heteroatoms. The Bertz CT molecular complexity index is 1090. The Labute approximate surface area is 149 Å². The molecule has 2 aromatic carbocycles. The molecule has 6 nitrogen and oxygen atoms in total. The number of nitrogens with zero attached hydrogens (tertiary/aromatic N) is 2. The molecule has 2 heterocycles. The number of para-hydroxylation sites is 1. The number of aryl methyl sites for hydroxylation is 1. The van der Waals surface area contributed by atoms with Gasteiger partial charge in [0.1, 0.15) is 17.0 Å². The van der Waals surface area contributed by atoms with Gasteiger partial charge in [0.05, 0.1) is 6.21 Å². The number of hydrogen-bond acceptors (Lipinski definition) is 4. The molecule has 128 valence electrons. The van der Waals surface area contributed by atoms with Crippen LogP contribution >= 0.6 is 0 Å². The van der Waals surface area contributed by atoms with E-state index in [0.29, 0.717) is 17.0 Å². The molecule has 0 aliphatic heterocycles. The molecule has 26 heavy (non-hydrogen) atoms. The first-order valence-corrected chi connectivity index (χ1v) is 8.15. The maximum absolute atomic E-state index is 12.6. The molecule has 2 N–H and O–H groups in total. The Balaban J connectivity index is 1.57. The number of hydrazone groups is 1. The molecule has 0 saturated carbocycles. The summed E-state index contributed by atoms with van der Waals surface area (Å²) in [6, 6.07) is 17.3. The van der Waals surface area contributed by atoms with Crippen LogP contribution in [0.15, 0.2) is 70.4 Å². The van der Waals surface area contributed by atoms with E-state index in [1.54, 1.807) is 13.1 Å². The molecule has 0 bridgehead atoms. The molecule has 0 aliphatic rings. The summed E-state index contributed by atoms with van der Waals surface area (Å²) < 4.78 is 5.21. The highest BCUT2D eigenvalue weighted by atomic mass is 16.5. The third-order valence-electron chi connectivity index (χ3n) is 4.13. The van der Waals surface area contributed by atoms with E-state index in [4.69, 9.17) is 4.52 Å². The van der Waals surface area contributed by atoms with Crippen LogP contribution in [-0.4, -0.2) is 22.3 Å². The van der Waals surface area contributed by atoms with Crippen molar-refractivity contribution in [3.8, 4) is 11.3 Å². The highest BCUT2D eigenvalue weighted by Gasteiger charge is 2.21. The Hall–Kier alpha value is -3.67. The van der Waals surface area contributed by atoms with Gasteiger partial charge < -0.3 is 9.51 Å². The van der Waals surface area contributed by atoms with Crippen LogP contribution in [0.2, 0.25) is 0 Å². The predicted molar refractivity (Wildman–Crippen MR) is 100 cm³/mol. The van der Waals surface area contributed by atoms with Gasteiger partial charge in [0, 0.05) is 28.2 Å². The zero-order chi connectivity index (χ0) is 17.9. The van der Waals surface area contributed by atoms with Crippen molar-refractivity contribution in [1.29, 1.82) is 0 Å². The van der Waals surface area contributed by atoms with E-state index in [2.05, 4.69) is 20.7 Å². The minimum Gasteiger partial charge on any atom is -0.361 e. The number of fused-ring (bicyclic) bond motifs is 1. The molecular formula is C20H16N4O2. The number of carbonyl (C=O) groups excluding carboxylic acids is 1. The topological polar surface area (TPSA) is 83.3 Å². The average Bonchev–Trinajstić information content (AvgIpc) is 3.26. The molecule has 2 aromatic heterocycles. The number of aromatic amines is 1. The van der Waals surface area contributed by atoms with Crippen molar-refractivity contribution in [3.05, 3.63) is 77.7 Å². The molecular weight excluding hydrogens is 328 g/mol. The number of benzene rings is 2. The standard InChI is InChI=1S/C20H16N4O2/c1-13-18(19(24-26-13)14-7-3-2-4-8-14)20(25)23-22-12-15-11-21-17-10-6-5-9-16(15)17/h2-12,21H,1H3,(H,23,25). The van der Waals surface area contributed by atoms with E-state index in [9.17, 15) is 4.79 Å². The van der Waals surface area contributed by atoms with Crippen LogP contribution in [0, 0.1) is 6.92 Å². The highest BCUT2D eigenvalue weighted by molar-refractivity contribution is 6.02. The Kier molecular flexibility index (Phi) is 4.07. The maximum Gasteiger partial charge on any atom is 0.277 e. The van der Waals surface area contributed by atoms with Crippen LogP contribution in [0.3, 0.4) is 0 Å². The van der Waals surface area contributed by atoms with Gasteiger partial charge in [-0.2, -0.15) is 5.10 Å². The summed E-state index contributed by atoms with van der Waals surface area (Å²) in [5.74, 6) is 0.0855. The summed E-state index contributed by atoms with van der Waals surface area (Å²) in [5.41, 5.74) is 6.16. The van der Waals surface area contributed by atoms with Gasteiger partial charge in [-0.05, 0) is 13.0 Å². The quantitative estimate of drug-likeness (QED) is 0.435. The van der Waals surface area contributed by atoms with Gasteiger partial charge in [-0.15, -0.1) is 0 Å². The second-order valence-corrected chi connectivity index (χ2v) is 5.82. The minimum atomic E-state index is -0.362. The van der Waals surface area contributed by atoms with E-state index in [1.165, 1.54) is 0 Å². The van der Waals surface area contributed by atoms with Gasteiger partial charge in [0.2, 0.25) is 0 Å². The Morgan fingerprint density at radius 3 is 2.77 bits per heavy atom. The van der Waals surface area contributed by atoms with E-state index < -0.39 is 0 Å². The second kappa shape index (κ2) is 6.68. The number of nitrogens with one attached hydrogen (secondary N) is 2. The zero-order valence-corrected chi connectivity index (χ0v) is 14.1. The molecule has 0 atom stereocenters. The molecule has 0 spiro atoms. The van der Waals surface area contributed by atoms with Crippen LogP contribution in [-0.2, 0) is 0 Å². The Morgan fingerprint density at radius 2 is 1.92 bits per heavy atom. The third kappa shape index (κ3) is 2.88. The molecule has 0 radical (unpaired) electrons. The first kappa shape index (κ1) is 15.8. The minimum absolute atomic E-state index is 0.362. The number of H-pyrrole nitrogens is 1. The van der Waals surface area contributed by atoms with Crippen molar-refractivity contribution >= 4 is 23.0 Å². The van der Waals surface area contributed by atoms with Gasteiger partial charge in [-0.1, -0.05) is 53.7 Å². The predicted octanol–water partition coefficient (Wildman–Crippen LogP) is 3.90. The SMILES string of the molecule is Cc1onc(-c2ccccc2)c1C(=O)NN=Cc1c[nH]c2ccccc12. The molecule has 1 amide bonds. The van der Waals surface area contributed by atoms with Crippen LogP contribution < -0.4 is 5.43 Å². The number of amides is 1. The van der Waals surface area contributed by atoms with Crippen LogP contribution in [0.25, 0.3) is 22.2 Å². The lowest BCUT2D eigenvalue weighted by Crippen LogP contribution is -2.18. The Morgan fingerprint density at radius 1 is 1.15 bits per heavy atom. The fourth-order valence-corrected chi connectivity index (χ4v) is 2.85. The van der Waals surface area contributed by atoms with Gasteiger partial charge >= 0.3 is 0 Å². The molecule has 0 unspecified atom stereocenters. The van der Waals surface area contributed by atoms with Gasteiger partial charge in [-0.3, -0.25) is 4.79 Å². The fourth-order valence-electron chi connectivity index (χ4n) is 2.85. The zero-order valence-electron chi connectivity index (χ0n) is 14.1. The fraction of sp³-hybridized carbons (Fsp3) is 0.0500. The molecule has 4 rings (SSSR count). The van der Waals surface area contributed by atoms with E-state index in [1.807, 2.05) is 60.8 Å². The summed E-state index contributed by atoms with van der Waals surface area (Å²) in [4.78, 5) is 15.7. The summed E-state index contributed by atoms with van der Waals surface area (Å²) in [6.07, 6.45) is 3.46. The van der Waals surface area contributed by atoms with Gasteiger partial charge in [-0.25, -0.2) is 5.43 Å². The summed E-state index contributed by atoms with van der Waals surface area (Å²) in [7, 11) is 0. The van der Waals surface area contributed by atoms with E-state index >= 15 is 0 Å². The summed E-state index contributed by atoms with van der Waals surface area (Å²) >= 11 is 0.